The van der Waals surface area contributed by atoms with E-state index in [9.17, 15) is 4.79 Å². The summed E-state index contributed by atoms with van der Waals surface area (Å²) < 4.78 is 0. The topological polar surface area (TPSA) is 73.9 Å². The van der Waals surface area contributed by atoms with E-state index in [1.165, 1.54) is 12.8 Å². The Hall–Kier alpha value is -1.43. The van der Waals surface area contributed by atoms with E-state index in [0.717, 1.165) is 25.5 Å². The molecule has 1 amide bonds. The normalized spacial score (nSPS) is 33.7. The zero-order valence-electron chi connectivity index (χ0n) is 11.1. The molecular weight excluding hydrogens is 242 g/mol. The maximum absolute atomic E-state index is 12.5. The van der Waals surface area contributed by atoms with E-state index in [1.54, 1.807) is 0 Å². The number of H-pyrrole nitrogens is 1. The van der Waals surface area contributed by atoms with Crippen molar-refractivity contribution in [1.82, 2.24) is 25.4 Å². The summed E-state index contributed by atoms with van der Waals surface area (Å²) in [5.74, 6) is 2.92. The van der Waals surface area contributed by atoms with Crippen LogP contribution in [0.1, 0.15) is 42.1 Å². The minimum atomic E-state index is -0.00921. The van der Waals surface area contributed by atoms with Gasteiger partial charge in [-0.25, -0.2) is 4.98 Å². The van der Waals surface area contributed by atoms with Crippen molar-refractivity contribution in [3.05, 3.63) is 11.6 Å². The molecule has 4 rings (SSSR count). The quantitative estimate of drug-likeness (QED) is 0.806. The lowest BCUT2D eigenvalue weighted by atomic mass is 9.95. The summed E-state index contributed by atoms with van der Waals surface area (Å²) in [6, 6.07) is 0.287. The summed E-state index contributed by atoms with van der Waals surface area (Å²) in [6.45, 7) is 5.03. The van der Waals surface area contributed by atoms with Crippen LogP contribution in [0.5, 0.6) is 0 Å². The molecule has 1 aliphatic carbocycles. The molecule has 3 atom stereocenters. The molecule has 2 saturated heterocycles. The van der Waals surface area contributed by atoms with E-state index in [0.29, 0.717) is 23.6 Å². The Balaban J connectivity index is 1.53. The Kier molecular flexibility index (Phi) is 2.42. The second kappa shape index (κ2) is 4.03. The smallest absolute Gasteiger partial charge is 0.293 e. The SMILES string of the molecule is CC1C2CNCC2CN1C(=O)c1n[nH]c(C2CC2)n1. The first-order valence-corrected chi connectivity index (χ1v) is 7.18. The van der Waals surface area contributed by atoms with Gasteiger partial charge in [0, 0.05) is 31.6 Å². The summed E-state index contributed by atoms with van der Waals surface area (Å²) in [6.07, 6.45) is 2.33. The fourth-order valence-electron chi connectivity index (χ4n) is 3.47. The van der Waals surface area contributed by atoms with Gasteiger partial charge >= 0.3 is 0 Å². The van der Waals surface area contributed by atoms with Crippen LogP contribution >= 0.6 is 0 Å². The molecule has 6 heteroatoms. The van der Waals surface area contributed by atoms with Crippen molar-refractivity contribution >= 4 is 5.91 Å². The number of hydrogen-bond acceptors (Lipinski definition) is 4. The van der Waals surface area contributed by atoms with Crippen molar-refractivity contribution in [2.75, 3.05) is 19.6 Å². The van der Waals surface area contributed by atoms with Crippen molar-refractivity contribution < 1.29 is 4.79 Å². The van der Waals surface area contributed by atoms with Crippen LogP contribution in [0.3, 0.4) is 0 Å². The van der Waals surface area contributed by atoms with E-state index in [4.69, 9.17) is 0 Å². The van der Waals surface area contributed by atoms with Gasteiger partial charge in [-0.3, -0.25) is 9.89 Å². The van der Waals surface area contributed by atoms with Crippen LogP contribution in [0.15, 0.2) is 0 Å². The molecule has 1 aromatic rings. The van der Waals surface area contributed by atoms with Crippen LogP contribution < -0.4 is 5.32 Å². The number of aromatic nitrogens is 3. The fraction of sp³-hybridized carbons (Fsp3) is 0.769. The van der Waals surface area contributed by atoms with Crippen molar-refractivity contribution in [3.63, 3.8) is 0 Å². The molecule has 0 spiro atoms. The van der Waals surface area contributed by atoms with E-state index in [1.807, 2.05) is 4.90 Å². The van der Waals surface area contributed by atoms with Gasteiger partial charge in [0.25, 0.3) is 5.91 Å². The van der Waals surface area contributed by atoms with Crippen LogP contribution in [0.4, 0.5) is 0 Å². The van der Waals surface area contributed by atoms with Crippen molar-refractivity contribution in [1.29, 1.82) is 0 Å². The maximum atomic E-state index is 12.5. The molecule has 0 aromatic carbocycles. The van der Waals surface area contributed by atoms with Gasteiger partial charge in [-0.05, 0) is 31.6 Å². The summed E-state index contributed by atoms with van der Waals surface area (Å²) in [4.78, 5) is 18.8. The molecule has 3 fully saturated rings. The predicted octanol–water partition coefficient (Wildman–Crippen LogP) is 0.362. The van der Waals surface area contributed by atoms with Crippen LogP contribution in [-0.2, 0) is 0 Å². The lowest BCUT2D eigenvalue weighted by Crippen LogP contribution is -2.38. The van der Waals surface area contributed by atoms with E-state index in [2.05, 4.69) is 27.4 Å². The highest BCUT2D eigenvalue weighted by Gasteiger charge is 2.44. The highest BCUT2D eigenvalue weighted by atomic mass is 16.2. The predicted molar refractivity (Wildman–Crippen MR) is 68.7 cm³/mol. The minimum Gasteiger partial charge on any atom is -0.332 e. The molecule has 1 aromatic heterocycles. The molecular formula is C13H19N5O. The van der Waals surface area contributed by atoms with Gasteiger partial charge in [0.05, 0.1) is 0 Å². The Bertz CT molecular complexity index is 509. The summed E-state index contributed by atoms with van der Waals surface area (Å²) in [5, 5.41) is 10.4. The van der Waals surface area contributed by atoms with E-state index < -0.39 is 0 Å². The number of aromatic amines is 1. The van der Waals surface area contributed by atoms with E-state index >= 15 is 0 Å². The molecule has 102 valence electrons. The fourth-order valence-corrected chi connectivity index (χ4v) is 3.47. The minimum absolute atomic E-state index is 0.00921. The van der Waals surface area contributed by atoms with Crippen molar-refractivity contribution in [2.45, 2.75) is 31.7 Å². The number of nitrogens with one attached hydrogen (secondary N) is 2. The molecule has 3 unspecified atom stereocenters. The summed E-state index contributed by atoms with van der Waals surface area (Å²) in [7, 11) is 0. The zero-order valence-corrected chi connectivity index (χ0v) is 11.1. The second-order valence-corrected chi connectivity index (χ2v) is 6.10. The van der Waals surface area contributed by atoms with Gasteiger partial charge in [0.1, 0.15) is 5.82 Å². The number of likely N-dealkylation sites (tertiary alicyclic amines) is 1. The summed E-state index contributed by atoms with van der Waals surface area (Å²) in [5.41, 5.74) is 0. The molecule has 2 aliphatic heterocycles. The van der Waals surface area contributed by atoms with Gasteiger partial charge in [-0.1, -0.05) is 0 Å². The molecule has 1 saturated carbocycles. The number of carbonyl (C=O) groups is 1. The lowest BCUT2D eigenvalue weighted by Gasteiger charge is -2.23. The Morgan fingerprint density at radius 1 is 1.37 bits per heavy atom. The number of fused-ring (bicyclic) bond motifs is 1. The lowest BCUT2D eigenvalue weighted by molar-refractivity contribution is 0.0716. The molecule has 0 radical (unpaired) electrons. The zero-order chi connectivity index (χ0) is 13.0. The Morgan fingerprint density at radius 2 is 2.21 bits per heavy atom. The van der Waals surface area contributed by atoms with E-state index in [-0.39, 0.29) is 11.9 Å². The molecule has 19 heavy (non-hydrogen) atoms. The number of rotatable bonds is 2. The average Bonchev–Trinajstić information content (AvgIpc) is 2.88. The maximum Gasteiger partial charge on any atom is 0.293 e. The second-order valence-electron chi connectivity index (χ2n) is 6.10. The number of nitrogens with zero attached hydrogens (tertiary/aromatic N) is 3. The summed E-state index contributed by atoms with van der Waals surface area (Å²) >= 11 is 0. The first kappa shape index (κ1) is 11.4. The first-order chi connectivity index (χ1) is 9.24. The van der Waals surface area contributed by atoms with Crippen LogP contribution in [0.25, 0.3) is 0 Å². The average molecular weight is 261 g/mol. The standard InChI is InChI=1S/C13H19N5O/c1-7-10-5-14-4-9(10)6-18(7)13(19)12-15-11(16-17-12)8-2-3-8/h7-10,14H,2-6H2,1H3,(H,15,16,17). The molecule has 6 nitrogen and oxygen atoms in total. The van der Waals surface area contributed by atoms with Gasteiger partial charge < -0.3 is 10.2 Å². The van der Waals surface area contributed by atoms with Crippen LogP contribution in [0, 0.1) is 11.8 Å². The van der Waals surface area contributed by atoms with Crippen molar-refractivity contribution in [2.24, 2.45) is 11.8 Å². The molecule has 3 aliphatic rings. The monoisotopic (exact) mass is 261 g/mol. The molecule has 3 heterocycles. The van der Waals surface area contributed by atoms with Crippen LogP contribution in [-0.4, -0.2) is 51.7 Å². The third kappa shape index (κ3) is 1.77. The number of carbonyl (C=O) groups excluding carboxylic acids is 1. The highest BCUT2D eigenvalue weighted by Crippen LogP contribution is 2.38. The third-order valence-electron chi connectivity index (χ3n) is 4.85. The van der Waals surface area contributed by atoms with Gasteiger partial charge in [0.15, 0.2) is 0 Å². The highest BCUT2D eigenvalue weighted by molar-refractivity contribution is 5.91. The van der Waals surface area contributed by atoms with Crippen LogP contribution in [0.2, 0.25) is 0 Å². The largest absolute Gasteiger partial charge is 0.332 e. The molecule has 0 bridgehead atoms. The van der Waals surface area contributed by atoms with Gasteiger partial charge in [0.2, 0.25) is 5.82 Å². The van der Waals surface area contributed by atoms with Crippen molar-refractivity contribution in [3.8, 4) is 0 Å². The Morgan fingerprint density at radius 3 is 2.95 bits per heavy atom. The molecule has 2 N–H and O–H groups in total. The number of amides is 1. The third-order valence-corrected chi connectivity index (χ3v) is 4.85. The Labute approximate surface area is 112 Å². The van der Waals surface area contributed by atoms with Gasteiger partial charge in [-0.2, -0.15) is 0 Å². The first-order valence-electron chi connectivity index (χ1n) is 7.18. The number of hydrogen-bond donors (Lipinski definition) is 2. The van der Waals surface area contributed by atoms with Gasteiger partial charge in [-0.15, -0.1) is 5.10 Å².